The van der Waals surface area contributed by atoms with Gasteiger partial charge < -0.3 is 9.53 Å². The molecule has 4 aliphatic carbocycles. The highest BCUT2D eigenvalue weighted by molar-refractivity contribution is 5.87. The van der Waals surface area contributed by atoms with Crippen molar-refractivity contribution in [2.45, 2.75) is 90.9 Å². The first kappa shape index (κ1) is 20.4. The maximum absolute atomic E-state index is 11.8. The SMILES string of the molecule is COC(=O)C(C=O)CCC1CCC2C3CCC4CCCCC4(C)C3CCC12C. The lowest BCUT2D eigenvalue weighted by Gasteiger charge is -2.60. The number of methoxy groups -OCH3 is 1. The molecule has 0 N–H and O–H groups in total. The van der Waals surface area contributed by atoms with Crippen molar-refractivity contribution in [3.05, 3.63) is 0 Å². The van der Waals surface area contributed by atoms with E-state index in [1.54, 1.807) is 0 Å². The Hall–Kier alpha value is -0.860. The van der Waals surface area contributed by atoms with Gasteiger partial charge >= 0.3 is 5.97 Å². The molecule has 3 nitrogen and oxygen atoms in total. The minimum absolute atomic E-state index is 0.359. The van der Waals surface area contributed by atoms with Crippen LogP contribution in [0.1, 0.15) is 90.9 Å². The fourth-order valence-corrected chi connectivity index (χ4v) is 8.65. The van der Waals surface area contributed by atoms with Crippen molar-refractivity contribution in [2.24, 2.45) is 46.3 Å². The summed E-state index contributed by atoms with van der Waals surface area (Å²) in [6, 6.07) is 0. The van der Waals surface area contributed by atoms with E-state index in [1.807, 2.05) is 0 Å². The molecule has 0 aromatic carbocycles. The smallest absolute Gasteiger partial charge is 0.315 e. The summed E-state index contributed by atoms with van der Waals surface area (Å²) in [5.74, 6) is 3.46. The number of hydrogen-bond donors (Lipinski definition) is 0. The van der Waals surface area contributed by atoms with Crippen LogP contribution in [0.5, 0.6) is 0 Å². The molecule has 0 aromatic rings. The van der Waals surface area contributed by atoms with Crippen LogP contribution in [0.4, 0.5) is 0 Å². The Bertz CT molecular complexity index is 601. The van der Waals surface area contributed by atoms with Crippen molar-refractivity contribution < 1.29 is 14.3 Å². The molecule has 4 saturated carbocycles. The van der Waals surface area contributed by atoms with Crippen LogP contribution in [0.15, 0.2) is 0 Å². The Labute approximate surface area is 171 Å². The number of rotatable bonds is 5. The number of fused-ring (bicyclic) bond motifs is 5. The van der Waals surface area contributed by atoms with E-state index >= 15 is 0 Å². The normalized spacial score (nSPS) is 46.0. The molecule has 8 atom stereocenters. The van der Waals surface area contributed by atoms with Crippen molar-refractivity contribution in [3.8, 4) is 0 Å². The number of aldehydes is 1. The van der Waals surface area contributed by atoms with E-state index in [9.17, 15) is 9.59 Å². The molecule has 0 radical (unpaired) electrons. The average molecular weight is 389 g/mol. The van der Waals surface area contributed by atoms with Gasteiger partial charge in [-0.2, -0.15) is 0 Å². The average Bonchev–Trinajstić information content (AvgIpc) is 3.04. The van der Waals surface area contributed by atoms with Crippen LogP contribution in [-0.2, 0) is 14.3 Å². The van der Waals surface area contributed by atoms with Crippen LogP contribution in [-0.4, -0.2) is 19.4 Å². The highest BCUT2D eigenvalue weighted by Gasteiger charge is 2.59. The van der Waals surface area contributed by atoms with Gasteiger partial charge in [-0.3, -0.25) is 4.79 Å². The number of hydrogen-bond acceptors (Lipinski definition) is 3. The third kappa shape index (κ3) is 3.16. The van der Waals surface area contributed by atoms with Gasteiger partial charge in [0, 0.05) is 0 Å². The second kappa shape index (κ2) is 7.76. The van der Waals surface area contributed by atoms with Crippen LogP contribution in [0.25, 0.3) is 0 Å². The summed E-state index contributed by atoms with van der Waals surface area (Å²) < 4.78 is 4.81. The molecule has 4 aliphatic rings. The third-order valence-electron chi connectivity index (χ3n) is 10.3. The summed E-state index contributed by atoms with van der Waals surface area (Å²) in [6.45, 7) is 5.20. The molecule has 3 heteroatoms. The first-order valence-corrected chi connectivity index (χ1v) is 12.0. The Morgan fingerprint density at radius 3 is 2.54 bits per heavy atom. The van der Waals surface area contributed by atoms with Gasteiger partial charge in [0.15, 0.2) is 0 Å². The van der Waals surface area contributed by atoms with Crippen molar-refractivity contribution in [1.82, 2.24) is 0 Å². The molecule has 0 saturated heterocycles. The Morgan fingerprint density at radius 1 is 1.00 bits per heavy atom. The fourth-order valence-electron chi connectivity index (χ4n) is 8.65. The lowest BCUT2D eigenvalue weighted by Crippen LogP contribution is -2.52. The highest BCUT2D eigenvalue weighted by Crippen LogP contribution is 2.67. The lowest BCUT2D eigenvalue weighted by atomic mass is 9.45. The lowest BCUT2D eigenvalue weighted by molar-refractivity contribution is -0.147. The van der Waals surface area contributed by atoms with Crippen LogP contribution >= 0.6 is 0 Å². The van der Waals surface area contributed by atoms with Gasteiger partial charge in [0.05, 0.1) is 7.11 Å². The molecule has 0 heterocycles. The van der Waals surface area contributed by atoms with Gasteiger partial charge in [-0.05, 0) is 105 Å². The summed E-state index contributed by atoms with van der Waals surface area (Å²) in [6.07, 6.45) is 16.6. The van der Waals surface area contributed by atoms with Gasteiger partial charge in [0.25, 0.3) is 0 Å². The monoisotopic (exact) mass is 388 g/mol. The predicted molar refractivity (Wildman–Crippen MR) is 111 cm³/mol. The Kier molecular flexibility index (Phi) is 5.66. The third-order valence-corrected chi connectivity index (χ3v) is 10.3. The van der Waals surface area contributed by atoms with Crippen LogP contribution in [0.3, 0.4) is 0 Å². The fraction of sp³-hybridized carbons (Fsp3) is 0.920. The number of ether oxygens (including phenoxy) is 1. The van der Waals surface area contributed by atoms with Crippen molar-refractivity contribution >= 4 is 12.3 Å². The zero-order valence-corrected chi connectivity index (χ0v) is 18.3. The van der Waals surface area contributed by atoms with E-state index in [4.69, 9.17) is 4.74 Å². The topological polar surface area (TPSA) is 43.4 Å². The van der Waals surface area contributed by atoms with E-state index in [-0.39, 0.29) is 5.97 Å². The number of carbonyl (C=O) groups excluding carboxylic acids is 2. The first-order valence-electron chi connectivity index (χ1n) is 12.0. The summed E-state index contributed by atoms with van der Waals surface area (Å²) in [5.41, 5.74) is 1.02. The molecule has 8 unspecified atom stereocenters. The standard InChI is InChI=1S/C25H40O3/c1-24-14-5-4-6-18(24)9-11-20-21-12-10-19(25(21,2)15-13-22(20)24)8-7-17(16-26)23(27)28-3/h16-22H,4-15H2,1-3H3. The van der Waals surface area contributed by atoms with Crippen LogP contribution < -0.4 is 0 Å². The molecule has 0 amide bonds. The van der Waals surface area contributed by atoms with E-state index in [2.05, 4.69) is 13.8 Å². The molecule has 28 heavy (non-hydrogen) atoms. The van der Waals surface area contributed by atoms with Gasteiger partial charge in [-0.25, -0.2) is 0 Å². The summed E-state index contributed by atoms with van der Waals surface area (Å²) in [7, 11) is 1.38. The van der Waals surface area contributed by atoms with Crippen LogP contribution in [0.2, 0.25) is 0 Å². The van der Waals surface area contributed by atoms with Gasteiger partial charge in [-0.15, -0.1) is 0 Å². The van der Waals surface area contributed by atoms with E-state index in [0.29, 0.717) is 23.2 Å². The van der Waals surface area contributed by atoms with Crippen molar-refractivity contribution in [2.75, 3.05) is 7.11 Å². The molecule has 0 spiro atoms. The van der Waals surface area contributed by atoms with Crippen molar-refractivity contribution in [1.29, 1.82) is 0 Å². The summed E-state index contributed by atoms with van der Waals surface area (Å²) in [4.78, 5) is 23.1. The van der Waals surface area contributed by atoms with Gasteiger partial charge in [-0.1, -0.05) is 26.7 Å². The zero-order chi connectivity index (χ0) is 19.9. The Morgan fingerprint density at radius 2 is 1.79 bits per heavy atom. The molecule has 158 valence electrons. The molecule has 0 bridgehead atoms. The molecule has 0 aliphatic heterocycles. The van der Waals surface area contributed by atoms with Crippen molar-refractivity contribution in [3.63, 3.8) is 0 Å². The molecule has 0 aromatic heterocycles. The minimum atomic E-state index is -0.569. The van der Waals surface area contributed by atoms with E-state index in [1.165, 1.54) is 71.3 Å². The largest absolute Gasteiger partial charge is 0.468 e. The van der Waals surface area contributed by atoms with Gasteiger partial charge in [0.2, 0.25) is 0 Å². The quantitative estimate of drug-likeness (QED) is 0.339. The number of esters is 1. The maximum atomic E-state index is 11.8. The molecular formula is C25H40O3. The number of carbonyl (C=O) groups is 2. The minimum Gasteiger partial charge on any atom is -0.468 e. The molecule has 4 rings (SSSR count). The van der Waals surface area contributed by atoms with Gasteiger partial charge in [0.1, 0.15) is 12.2 Å². The molecular weight excluding hydrogens is 348 g/mol. The second-order valence-corrected chi connectivity index (χ2v) is 11.1. The zero-order valence-electron chi connectivity index (χ0n) is 18.3. The van der Waals surface area contributed by atoms with Crippen LogP contribution in [0, 0.1) is 46.3 Å². The highest BCUT2D eigenvalue weighted by atomic mass is 16.5. The summed E-state index contributed by atoms with van der Waals surface area (Å²) in [5, 5.41) is 0. The van der Waals surface area contributed by atoms with E-state index < -0.39 is 5.92 Å². The first-order chi connectivity index (χ1) is 13.4. The molecule has 4 fully saturated rings. The maximum Gasteiger partial charge on any atom is 0.315 e. The second-order valence-electron chi connectivity index (χ2n) is 11.1. The summed E-state index contributed by atoms with van der Waals surface area (Å²) >= 11 is 0. The predicted octanol–water partition coefficient (Wildman–Crippen LogP) is 5.80. The Balaban J connectivity index is 1.46. The van der Waals surface area contributed by atoms with E-state index in [0.717, 1.165) is 36.4 Å².